The second-order valence-electron chi connectivity index (χ2n) is 7.01. The van der Waals surface area contributed by atoms with Crippen LogP contribution in [0.1, 0.15) is 42.9 Å². The van der Waals surface area contributed by atoms with Gasteiger partial charge in [0, 0.05) is 17.4 Å². The van der Waals surface area contributed by atoms with Gasteiger partial charge in [0.25, 0.3) is 0 Å². The first-order valence-electron chi connectivity index (χ1n) is 8.90. The van der Waals surface area contributed by atoms with Gasteiger partial charge in [-0.3, -0.25) is 14.7 Å². The maximum atomic E-state index is 13.2. The van der Waals surface area contributed by atoms with E-state index < -0.39 is 0 Å². The fourth-order valence-corrected chi connectivity index (χ4v) is 3.96. The first-order valence-corrected chi connectivity index (χ1v) is 9.28. The Kier molecular flexibility index (Phi) is 4.48. The Morgan fingerprint density at radius 3 is 2.64 bits per heavy atom. The number of nitrogens with zero attached hydrogens (tertiary/aromatic N) is 2. The van der Waals surface area contributed by atoms with Crippen LogP contribution in [-0.2, 0) is 10.3 Å². The lowest BCUT2D eigenvalue weighted by molar-refractivity contribution is -0.127. The standard InChI is InChI=1S/C20H22ClN3O/c21-17-7-3-6-16(13-17)20(8-9-20)23-19(25)18(24-11-1-2-12-24)15-5-4-10-22-14-15/h3-7,10,13-14,18H,1-2,8-9,11-12H2,(H,23,25)/t18-/m0/s1. The highest BCUT2D eigenvalue weighted by Gasteiger charge is 2.47. The van der Waals surface area contributed by atoms with Gasteiger partial charge in [-0.15, -0.1) is 0 Å². The van der Waals surface area contributed by atoms with E-state index in [4.69, 9.17) is 11.6 Å². The summed E-state index contributed by atoms with van der Waals surface area (Å²) >= 11 is 6.15. The Morgan fingerprint density at radius 2 is 2.00 bits per heavy atom. The molecule has 130 valence electrons. The molecule has 1 aromatic heterocycles. The number of amides is 1. The summed E-state index contributed by atoms with van der Waals surface area (Å²) in [5, 5.41) is 4.03. The highest BCUT2D eigenvalue weighted by Crippen LogP contribution is 2.46. The maximum absolute atomic E-state index is 13.2. The largest absolute Gasteiger partial charge is 0.345 e. The summed E-state index contributed by atoms with van der Waals surface area (Å²) in [6.07, 6.45) is 7.75. The normalized spacial score (nSPS) is 20.2. The molecule has 5 heteroatoms. The van der Waals surface area contributed by atoms with Crippen molar-refractivity contribution in [2.45, 2.75) is 37.3 Å². The molecule has 0 bridgehead atoms. The fourth-order valence-electron chi connectivity index (χ4n) is 3.77. The number of hydrogen-bond acceptors (Lipinski definition) is 3. The van der Waals surface area contributed by atoms with Crippen LogP contribution >= 0.6 is 11.6 Å². The third-order valence-electron chi connectivity index (χ3n) is 5.24. The Bertz CT molecular complexity index is 755. The number of nitrogens with one attached hydrogen (secondary N) is 1. The number of carbonyl (C=O) groups is 1. The van der Waals surface area contributed by atoms with Gasteiger partial charge in [-0.25, -0.2) is 0 Å². The number of halogens is 1. The zero-order valence-electron chi connectivity index (χ0n) is 14.1. The van der Waals surface area contributed by atoms with Gasteiger partial charge in [0.05, 0.1) is 5.54 Å². The predicted octanol–water partition coefficient (Wildman–Crippen LogP) is 3.68. The van der Waals surface area contributed by atoms with Crippen molar-refractivity contribution in [3.8, 4) is 0 Å². The van der Waals surface area contributed by atoms with Gasteiger partial charge >= 0.3 is 0 Å². The van der Waals surface area contributed by atoms with E-state index >= 15 is 0 Å². The number of hydrogen-bond donors (Lipinski definition) is 1. The maximum Gasteiger partial charge on any atom is 0.242 e. The molecule has 1 atom stereocenters. The van der Waals surface area contributed by atoms with Crippen LogP contribution < -0.4 is 5.32 Å². The molecule has 1 amide bonds. The smallest absolute Gasteiger partial charge is 0.242 e. The van der Waals surface area contributed by atoms with Crippen LogP contribution in [-0.4, -0.2) is 28.9 Å². The molecule has 4 nitrogen and oxygen atoms in total. The van der Waals surface area contributed by atoms with Crippen molar-refractivity contribution in [2.24, 2.45) is 0 Å². The molecule has 2 aliphatic rings. The van der Waals surface area contributed by atoms with Crippen LogP contribution in [0.3, 0.4) is 0 Å². The first-order chi connectivity index (χ1) is 12.2. The number of benzene rings is 1. The predicted molar refractivity (Wildman–Crippen MR) is 98.3 cm³/mol. The number of rotatable bonds is 5. The lowest BCUT2D eigenvalue weighted by atomic mass is 10.0. The highest BCUT2D eigenvalue weighted by atomic mass is 35.5. The molecule has 1 aromatic carbocycles. The van der Waals surface area contributed by atoms with Gasteiger partial charge in [-0.2, -0.15) is 0 Å². The molecule has 0 spiro atoms. The zero-order valence-corrected chi connectivity index (χ0v) is 14.9. The lowest BCUT2D eigenvalue weighted by Gasteiger charge is -2.29. The summed E-state index contributed by atoms with van der Waals surface area (Å²) in [6.45, 7) is 1.91. The molecular formula is C20H22ClN3O. The van der Waals surface area contributed by atoms with Gasteiger partial charge in [0.1, 0.15) is 6.04 Å². The van der Waals surface area contributed by atoms with Crippen LogP contribution in [0, 0.1) is 0 Å². The Morgan fingerprint density at radius 1 is 1.20 bits per heavy atom. The minimum Gasteiger partial charge on any atom is -0.345 e. The number of likely N-dealkylation sites (tertiary alicyclic amines) is 1. The Hall–Kier alpha value is -1.91. The van der Waals surface area contributed by atoms with E-state index in [0.29, 0.717) is 5.02 Å². The molecule has 1 saturated carbocycles. The first kappa shape index (κ1) is 16.6. The second kappa shape index (κ2) is 6.77. The molecule has 1 N–H and O–H groups in total. The van der Waals surface area contributed by atoms with Gasteiger partial charge < -0.3 is 5.32 Å². The molecule has 1 saturated heterocycles. The molecule has 2 fully saturated rings. The van der Waals surface area contributed by atoms with Crippen LogP contribution in [0.25, 0.3) is 0 Å². The van der Waals surface area contributed by atoms with E-state index in [2.05, 4.69) is 15.2 Å². The average molecular weight is 356 g/mol. The third kappa shape index (κ3) is 3.42. The fraction of sp³-hybridized carbons (Fsp3) is 0.400. The van der Waals surface area contributed by atoms with Gasteiger partial charge in [0.2, 0.25) is 5.91 Å². The van der Waals surface area contributed by atoms with E-state index in [-0.39, 0.29) is 17.5 Å². The summed E-state index contributed by atoms with van der Waals surface area (Å²) in [5.41, 5.74) is 1.80. The van der Waals surface area contributed by atoms with Crippen molar-refractivity contribution in [3.05, 3.63) is 64.9 Å². The van der Waals surface area contributed by atoms with Crippen molar-refractivity contribution in [1.29, 1.82) is 0 Å². The minimum atomic E-state index is -0.271. The lowest BCUT2D eigenvalue weighted by Crippen LogP contribution is -2.44. The molecule has 0 unspecified atom stereocenters. The van der Waals surface area contributed by atoms with Crippen molar-refractivity contribution in [2.75, 3.05) is 13.1 Å². The number of carbonyl (C=O) groups excluding carboxylic acids is 1. The van der Waals surface area contributed by atoms with Crippen LogP contribution in [0.2, 0.25) is 5.02 Å². The van der Waals surface area contributed by atoms with E-state index in [0.717, 1.165) is 49.9 Å². The van der Waals surface area contributed by atoms with E-state index in [1.165, 1.54) is 0 Å². The van der Waals surface area contributed by atoms with Gasteiger partial charge in [0.15, 0.2) is 0 Å². The second-order valence-corrected chi connectivity index (χ2v) is 7.45. The number of pyridine rings is 1. The molecule has 2 aromatic rings. The SMILES string of the molecule is O=C(NC1(c2cccc(Cl)c2)CC1)[C@H](c1cccnc1)N1CCCC1. The summed E-state index contributed by atoms with van der Waals surface area (Å²) in [4.78, 5) is 19.7. The summed E-state index contributed by atoms with van der Waals surface area (Å²) in [5.74, 6) is 0.0624. The highest BCUT2D eigenvalue weighted by molar-refractivity contribution is 6.30. The Labute approximate surface area is 153 Å². The van der Waals surface area contributed by atoms with E-state index in [1.807, 2.05) is 42.6 Å². The van der Waals surface area contributed by atoms with E-state index in [9.17, 15) is 4.79 Å². The summed E-state index contributed by atoms with van der Waals surface area (Å²) in [6, 6.07) is 11.4. The van der Waals surface area contributed by atoms with Crippen molar-refractivity contribution in [1.82, 2.24) is 15.2 Å². The number of aromatic nitrogens is 1. The molecule has 25 heavy (non-hydrogen) atoms. The van der Waals surface area contributed by atoms with Crippen LogP contribution in [0.4, 0.5) is 0 Å². The zero-order chi connectivity index (χ0) is 17.3. The van der Waals surface area contributed by atoms with Crippen molar-refractivity contribution in [3.63, 3.8) is 0 Å². The quantitative estimate of drug-likeness (QED) is 0.889. The average Bonchev–Trinajstić information content (AvgIpc) is 3.20. The van der Waals surface area contributed by atoms with Crippen molar-refractivity contribution < 1.29 is 4.79 Å². The molecule has 1 aliphatic heterocycles. The summed E-state index contributed by atoms with van der Waals surface area (Å²) < 4.78 is 0. The molecule has 0 radical (unpaired) electrons. The van der Waals surface area contributed by atoms with Gasteiger partial charge in [-0.1, -0.05) is 29.8 Å². The van der Waals surface area contributed by atoms with Crippen molar-refractivity contribution >= 4 is 17.5 Å². The molecule has 2 heterocycles. The molecule has 4 rings (SSSR count). The third-order valence-corrected chi connectivity index (χ3v) is 5.48. The van der Waals surface area contributed by atoms with Crippen LogP contribution in [0.5, 0.6) is 0 Å². The minimum absolute atomic E-state index is 0.0624. The van der Waals surface area contributed by atoms with Gasteiger partial charge in [-0.05, 0) is 68.1 Å². The van der Waals surface area contributed by atoms with Crippen LogP contribution in [0.15, 0.2) is 48.8 Å². The monoisotopic (exact) mass is 355 g/mol. The topological polar surface area (TPSA) is 45.2 Å². The molecular weight excluding hydrogens is 334 g/mol. The molecule has 1 aliphatic carbocycles. The Balaban J connectivity index is 1.59. The van der Waals surface area contributed by atoms with E-state index in [1.54, 1.807) is 6.20 Å². The summed E-state index contributed by atoms with van der Waals surface area (Å²) in [7, 11) is 0.